The molecule has 0 unspecified atom stereocenters. The summed E-state index contributed by atoms with van der Waals surface area (Å²) in [4.78, 5) is 23.4. The van der Waals surface area contributed by atoms with Crippen LogP contribution in [0.3, 0.4) is 0 Å². The number of carboxylic acid groups (broad SMARTS) is 1. The molecule has 2 N–H and O–H groups in total. The lowest BCUT2D eigenvalue weighted by atomic mass is 10.1. The van der Waals surface area contributed by atoms with Crippen molar-refractivity contribution in [1.29, 1.82) is 0 Å². The monoisotopic (exact) mass is 333 g/mol. The topological polar surface area (TPSA) is 75.6 Å². The fourth-order valence-electron chi connectivity index (χ4n) is 2.00. The lowest BCUT2D eigenvalue weighted by molar-refractivity contribution is -0.122. The Morgan fingerprint density at radius 1 is 1.22 bits per heavy atom. The molecule has 120 valence electrons. The predicted molar refractivity (Wildman–Crippen MR) is 88.3 cm³/mol. The summed E-state index contributed by atoms with van der Waals surface area (Å²) in [5.74, 6) is -1.00. The van der Waals surface area contributed by atoms with Crippen LogP contribution in [0.4, 0.5) is 5.69 Å². The van der Waals surface area contributed by atoms with Crippen molar-refractivity contribution in [3.05, 3.63) is 58.6 Å². The standard InChI is InChI=1S/C17H16ClNO4/c1-10-9-12(18)7-8-15(10)23-11(2)16(20)19-14-6-4-3-5-13(14)17(21)22/h3-9,11H,1-2H3,(H,19,20)(H,21,22)/t11-/m0/s1. The molecule has 0 aromatic heterocycles. The van der Waals surface area contributed by atoms with Gasteiger partial charge in [-0.25, -0.2) is 4.79 Å². The first-order valence-electron chi connectivity index (χ1n) is 6.94. The van der Waals surface area contributed by atoms with E-state index in [2.05, 4.69) is 5.32 Å². The number of aryl methyl sites for hydroxylation is 1. The summed E-state index contributed by atoms with van der Waals surface area (Å²) in [5, 5.41) is 12.3. The highest BCUT2D eigenvalue weighted by atomic mass is 35.5. The van der Waals surface area contributed by atoms with Gasteiger partial charge in [-0.05, 0) is 49.7 Å². The lowest BCUT2D eigenvalue weighted by Crippen LogP contribution is -2.31. The Morgan fingerprint density at radius 2 is 1.91 bits per heavy atom. The van der Waals surface area contributed by atoms with Crippen LogP contribution in [-0.4, -0.2) is 23.1 Å². The van der Waals surface area contributed by atoms with Gasteiger partial charge < -0.3 is 15.2 Å². The number of nitrogens with one attached hydrogen (secondary N) is 1. The third-order valence-electron chi connectivity index (χ3n) is 3.23. The molecule has 2 aromatic rings. The number of benzene rings is 2. The molecule has 0 bridgehead atoms. The van der Waals surface area contributed by atoms with E-state index >= 15 is 0 Å². The molecule has 0 aliphatic rings. The molecular weight excluding hydrogens is 318 g/mol. The highest BCUT2D eigenvalue weighted by Gasteiger charge is 2.18. The minimum atomic E-state index is -1.11. The SMILES string of the molecule is Cc1cc(Cl)ccc1O[C@@H](C)C(=O)Nc1ccccc1C(=O)O. The first-order chi connectivity index (χ1) is 10.9. The Balaban J connectivity index is 2.10. The van der Waals surface area contributed by atoms with Gasteiger partial charge in [0.15, 0.2) is 6.10 Å². The van der Waals surface area contributed by atoms with E-state index in [1.807, 2.05) is 6.92 Å². The van der Waals surface area contributed by atoms with Crippen molar-refractivity contribution in [1.82, 2.24) is 0 Å². The summed E-state index contributed by atoms with van der Waals surface area (Å²) in [5.41, 5.74) is 1.06. The average Bonchev–Trinajstić information content (AvgIpc) is 2.50. The second-order valence-electron chi connectivity index (χ2n) is 5.01. The molecule has 0 aliphatic carbocycles. The Bertz CT molecular complexity index is 745. The number of amides is 1. The quantitative estimate of drug-likeness (QED) is 0.873. The number of hydrogen-bond acceptors (Lipinski definition) is 3. The molecule has 0 saturated carbocycles. The molecule has 0 spiro atoms. The number of hydrogen-bond donors (Lipinski definition) is 2. The van der Waals surface area contributed by atoms with Crippen molar-refractivity contribution in [2.45, 2.75) is 20.0 Å². The van der Waals surface area contributed by atoms with Gasteiger partial charge >= 0.3 is 5.97 Å². The van der Waals surface area contributed by atoms with E-state index in [0.717, 1.165) is 5.56 Å². The third-order valence-corrected chi connectivity index (χ3v) is 3.46. The summed E-state index contributed by atoms with van der Waals surface area (Å²) in [7, 11) is 0. The zero-order valence-electron chi connectivity index (χ0n) is 12.7. The van der Waals surface area contributed by atoms with Crippen LogP contribution in [0.2, 0.25) is 5.02 Å². The summed E-state index contributed by atoms with van der Waals surface area (Å²) in [6.45, 7) is 3.42. The van der Waals surface area contributed by atoms with Crippen LogP contribution in [0.1, 0.15) is 22.8 Å². The summed E-state index contributed by atoms with van der Waals surface area (Å²) < 4.78 is 5.62. The lowest BCUT2D eigenvalue weighted by Gasteiger charge is -2.17. The molecule has 0 saturated heterocycles. The second-order valence-corrected chi connectivity index (χ2v) is 5.45. The third kappa shape index (κ3) is 4.23. The van der Waals surface area contributed by atoms with Gasteiger partial charge in [0.1, 0.15) is 5.75 Å². The van der Waals surface area contributed by atoms with Crippen molar-refractivity contribution in [3.8, 4) is 5.75 Å². The molecule has 1 atom stereocenters. The maximum Gasteiger partial charge on any atom is 0.337 e. The van der Waals surface area contributed by atoms with Crippen molar-refractivity contribution in [2.24, 2.45) is 0 Å². The van der Waals surface area contributed by atoms with Gasteiger partial charge in [0.05, 0.1) is 11.3 Å². The molecule has 0 radical (unpaired) electrons. The van der Waals surface area contributed by atoms with E-state index in [-0.39, 0.29) is 11.3 Å². The van der Waals surface area contributed by atoms with E-state index in [1.54, 1.807) is 37.3 Å². The Morgan fingerprint density at radius 3 is 2.57 bits per heavy atom. The number of carbonyl (C=O) groups excluding carboxylic acids is 1. The molecule has 2 aromatic carbocycles. The number of ether oxygens (including phenoxy) is 1. The van der Waals surface area contributed by atoms with Crippen LogP contribution >= 0.6 is 11.6 Å². The van der Waals surface area contributed by atoms with Crippen molar-refractivity contribution in [2.75, 3.05) is 5.32 Å². The minimum Gasteiger partial charge on any atom is -0.481 e. The number of carbonyl (C=O) groups is 2. The van der Waals surface area contributed by atoms with Gasteiger partial charge in [0.2, 0.25) is 0 Å². The smallest absolute Gasteiger partial charge is 0.337 e. The number of halogens is 1. The van der Waals surface area contributed by atoms with Gasteiger partial charge in [0, 0.05) is 5.02 Å². The van der Waals surface area contributed by atoms with Gasteiger partial charge in [-0.1, -0.05) is 23.7 Å². The Labute approximate surface area is 138 Å². The molecule has 0 heterocycles. The molecule has 5 nitrogen and oxygen atoms in total. The number of para-hydroxylation sites is 1. The van der Waals surface area contributed by atoms with Gasteiger partial charge in [-0.2, -0.15) is 0 Å². The van der Waals surface area contributed by atoms with E-state index in [1.165, 1.54) is 12.1 Å². The molecular formula is C17H16ClNO4. The van der Waals surface area contributed by atoms with Crippen LogP contribution in [0.15, 0.2) is 42.5 Å². The first-order valence-corrected chi connectivity index (χ1v) is 7.32. The number of aromatic carboxylic acids is 1. The van der Waals surface area contributed by atoms with Crippen molar-refractivity contribution < 1.29 is 19.4 Å². The molecule has 0 fully saturated rings. The maximum atomic E-state index is 12.2. The van der Waals surface area contributed by atoms with Crippen LogP contribution in [0.5, 0.6) is 5.75 Å². The maximum absolute atomic E-state index is 12.2. The fraction of sp³-hybridized carbons (Fsp3) is 0.176. The van der Waals surface area contributed by atoms with Crippen LogP contribution in [0, 0.1) is 6.92 Å². The fourth-order valence-corrected chi connectivity index (χ4v) is 2.23. The minimum absolute atomic E-state index is 0.0238. The Hall–Kier alpha value is -2.53. The van der Waals surface area contributed by atoms with Gasteiger partial charge in [0.25, 0.3) is 5.91 Å². The summed E-state index contributed by atoms with van der Waals surface area (Å²) in [6.07, 6.45) is -0.795. The largest absolute Gasteiger partial charge is 0.481 e. The van der Waals surface area contributed by atoms with Gasteiger partial charge in [-0.15, -0.1) is 0 Å². The molecule has 2 rings (SSSR count). The highest BCUT2D eigenvalue weighted by Crippen LogP contribution is 2.23. The number of carboxylic acids is 1. The van der Waals surface area contributed by atoms with Crippen LogP contribution in [0.25, 0.3) is 0 Å². The molecule has 23 heavy (non-hydrogen) atoms. The predicted octanol–water partition coefficient (Wildman–Crippen LogP) is 3.75. The van der Waals surface area contributed by atoms with E-state index < -0.39 is 18.0 Å². The zero-order valence-corrected chi connectivity index (χ0v) is 13.4. The first kappa shape index (κ1) is 16.8. The van der Waals surface area contributed by atoms with E-state index in [0.29, 0.717) is 10.8 Å². The number of anilines is 1. The molecule has 1 amide bonds. The highest BCUT2D eigenvalue weighted by molar-refractivity contribution is 6.30. The second kappa shape index (κ2) is 7.15. The summed E-state index contributed by atoms with van der Waals surface area (Å²) in [6, 6.07) is 11.3. The molecule has 0 aliphatic heterocycles. The Kier molecular flexibility index (Phi) is 5.24. The van der Waals surface area contributed by atoms with E-state index in [4.69, 9.17) is 21.4 Å². The average molecular weight is 334 g/mol. The van der Waals surface area contributed by atoms with Gasteiger partial charge in [-0.3, -0.25) is 4.79 Å². The zero-order chi connectivity index (χ0) is 17.0. The van der Waals surface area contributed by atoms with Crippen LogP contribution in [-0.2, 0) is 4.79 Å². The van der Waals surface area contributed by atoms with E-state index in [9.17, 15) is 9.59 Å². The van der Waals surface area contributed by atoms with Crippen molar-refractivity contribution in [3.63, 3.8) is 0 Å². The van der Waals surface area contributed by atoms with Crippen molar-refractivity contribution >= 4 is 29.2 Å². The van der Waals surface area contributed by atoms with Crippen LogP contribution < -0.4 is 10.1 Å². The number of rotatable bonds is 5. The summed E-state index contributed by atoms with van der Waals surface area (Å²) >= 11 is 5.88. The normalized spacial score (nSPS) is 11.6. The molecule has 6 heteroatoms.